The number of piperidine rings is 1. The standard InChI is InChI=1S/C25H28N6O3/c1-25(2,34-24(26)33)13-16-8-10-30(11-9-16)21-5-3-4-18-23(21)29-22(14-27-18)31-15-28-19-12-17(32)6-7-20(19)31/h3-7,12,14-16,32H,8-11,13H2,1-2H3,(H2,26,33). The normalized spacial score (nSPS) is 15.2. The van der Waals surface area contributed by atoms with Gasteiger partial charge in [-0.2, -0.15) is 0 Å². The van der Waals surface area contributed by atoms with Gasteiger partial charge in [0.05, 0.1) is 28.4 Å². The zero-order valence-electron chi connectivity index (χ0n) is 19.3. The van der Waals surface area contributed by atoms with Crippen molar-refractivity contribution < 1.29 is 14.6 Å². The zero-order chi connectivity index (χ0) is 23.9. The molecule has 1 aliphatic heterocycles. The maximum Gasteiger partial charge on any atom is 0.405 e. The highest BCUT2D eigenvalue weighted by Gasteiger charge is 2.29. The number of fused-ring (bicyclic) bond motifs is 2. The number of para-hydroxylation sites is 1. The van der Waals surface area contributed by atoms with E-state index in [2.05, 4.69) is 20.9 Å². The molecule has 2 aromatic heterocycles. The van der Waals surface area contributed by atoms with Gasteiger partial charge in [-0.25, -0.2) is 14.8 Å². The van der Waals surface area contributed by atoms with Crippen LogP contribution in [0.15, 0.2) is 48.9 Å². The molecule has 1 aliphatic rings. The van der Waals surface area contributed by atoms with E-state index in [0.717, 1.165) is 54.6 Å². The number of hydrogen-bond donors (Lipinski definition) is 2. The average Bonchev–Trinajstić information content (AvgIpc) is 3.20. The Morgan fingerprint density at radius 1 is 1.18 bits per heavy atom. The maximum absolute atomic E-state index is 11.2. The lowest BCUT2D eigenvalue weighted by Gasteiger charge is -2.37. The number of amides is 1. The lowest BCUT2D eigenvalue weighted by atomic mass is 9.86. The van der Waals surface area contributed by atoms with Crippen molar-refractivity contribution in [1.82, 2.24) is 19.5 Å². The van der Waals surface area contributed by atoms with Crippen LogP contribution in [0.1, 0.15) is 33.1 Å². The van der Waals surface area contributed by atoms with Crippen LogP contribution in [-0.4, -0.2) is 49.4 Å². The summed E-state index contributed by atoms with van der Waals surface area (Å²) in [4.78, 5) is 27.5. The first-order chi connectivity index (χ1) is 16.3. The van der Waals surface area contributed by atoms with Crippen molar-refractivity contribution in [3.05, 3.63) is 48.9 Å². The van der Waals surface area contributed by atoms with Crippen LogP contribution in [0.25, 0.3) is 27.9 Å². The van der Waals surface area contributed by atoms with Crippen LogP contribution in [-0.2, 0) is 4.74 Å². The largest absolute Gasteiger partial charge is 0.508 e. The Hall–Kier alpha value is -3.88. The van der Waals surface area contributed by atoms with Crippen LogP contribution < -0.4 is 10.6 Å². The Balaban J connectivity index is 1.40. The van der Waals surface area contributed by atoms with Gasteiger partial charge in [0.25, 0.3) is 0 Å². The van der Waals surface area contributed by atoms with E-state index in [4.69, 9.17) is 15.5 Å². The van der Waals surface area contributed by atoms with Crippen LogP contribution >= 0.6 is 0 Å². The number of imidazole rings is 1. The van der Waals surface area contributed by atoms with Crippen molar-refractivity contribution in [3.8, 4) is 11.6 Å². The monoisotopic (exact) mass is 460 g/mol. The number of aromatic nitrogens is 4. The molecule has 0 aliphatic carbocycles. The third-order valence-corrected chi connectivity index (χ3v) is 6.43. The van der Waals surface area contributed by atoms with Crippen molar-refractivity contribution in [3.63, 3.8) is 0 Å². The van der Waals surface area contributed by atoms with E-state index in [1.807, 2.05) is 36.6 Å². The highest BCUT2D eigenvalue weighted by Crippen LogP contribution is 2.33. The van der Waals surface area contributed by atoms with Gasteiger partial charge in [-0.05, 0) is 63.3 Å². The SMILES string of the molecule is CC(C)(CC1CCN(c2cccc3ncc(-n4cnc5cc(O)ccc54)nc23)CC1)OC(N)=O. The van der Waals surface area contributed by atoms with Gasteiger partial charge in [-0.1, -0.05) is 6.07 Å². The third-order valence-electron chi connectivity index (χ3n) is 6.43. The predicted molar refractivity (Wildman–Crippen MR) is 130 cm³/mol. The van der Waals surface area contributed by atoms with E-state index >= 15 is 0 Å². The number of carbonyl (C=O) groups is 1. The van der Waals surface area contributed by atoms with Crippen LogP contribution in [0.5, 0.6) is 5.75 Å². The van der Waals surface area contributed by atoms with Gasteiger partial charge in [-0.3, -0.25) is 9.55 Å². The number of benzene rings is 2. The molecule has 3 N–H and O–H groups in total. The van der Waals surface area contributed by atoms with Crippen molar-refractivity contribution in [2.45, 2.75) is 38.7 Å². The Labute approximate surface area is 197 Å². The molecule has 5 rings (SSSR count). The minimum absolute atomic E-state index is 0.178. The summed E-state index contributed by atoms with van der Waals surface area (Å²) in [6, 6.07) is 11.2. The number of ether oxygens (including phenoxy) is 1. The van der Waals surface area contributed by atoms with Gasteiger partial charge in [0.1, 0.15) is 23.2 Å². The summed E-state index contributed by atoms with van der Waals surface area (Å²) in [5.74, 6) is 1.31. The number of hydrogen-bond acceptors (Lipinski definition) is 7. The van der Waals surface area contributed by atoms with Gasteiger partial charge >= 0.3 is 6.09 Å². The third kappa shape index (κ3) is 4.33. The second kappa shape index (κ2) is 8.48. The van der Waals surface area contributed by atoms with Crippen LogP contribution in [0.2, 0.25) is 0 Å². The Morgan fingerprint density at radius 3 is 2.74 bits per heavy atom. The summed E-state index contributed by atoms with van der Waals surface area (Å²) in [7, 11) is 0. The molecule has 3 heterocycles. The summed E-state index contributed by atoms with van der Waals surface area (Å²) in [5.41, 5.74) is 8.93. The number of aromatic hydroxyl groups is 1. The van der Waals surface area contributed by atoms with Crippen molar-refractivity contribution in [2.24, 2.45) is 11.7 Å². The Morgan fingerprint density at radius 2 is 1.97 bits per heavy atom. The first kappa shape index (κ1) is 21.9. The van der Waals surface area contributed by atoms with Gasteiger partial charge in [0.2, 0.25) is 0 Å². The van der Waals surface area contributed by atoms with Gasteiger partial charge in [-0.15, -0.1) is 0 Å². The fraction of sp³-hybridized carbons (Fsp3) is 0.360. The summed E-state index contributed by atoms with van der Waals surface area (Å²) >= 11 is 0. The molecule has 176 valence electrons. The molecule has 2 aromatic carbocycles. The van der Waals surface area contributed by atoms with Crippen molar-refractivity contribution in [1.29, 1.82) is 0 Å². The molecule has 9 heteroatoms. The molecule has 1 amide bonds. The molecule has 1 saturated heterocycles. The lowest BCUT2D eigenvalue weighted by Crippen LogP contribution is -2.38. The molecule has 34 heavy (non-hydrogen) atoms. The first-order valence-corrected chi connectivity index (χ1v) is 11.4. The number of nitrogens with zero attached hydrogens (tertiary/aromatic N) is 5. The lowest BCUT2D eigenvalue weighted by molar-refractivity contribution is 0.0236. The molecule has 0 atom stereocenters. The predicted octanol–water partition coefficient (Wildman–Crippen LogP) is 4.15. The van der Waals surface area contributed by atoms with Crippen LogP contribution in [0.4, 0.5) is 10.5 Å². The summed E-state index contributed by atoms with van der Waals surface area (Å²) in [5, 5.41) is 9.74. The number of carbonyl (C=O) groups excluding carboxylic acids is 1. The van der Waals surface area contributed by atoms with E-state index in [1.54, 1.807) is 24.7 Å². The van der Waals surface area contributed by atoms with Gasteiger partial charge < -0.3 is 20.5 Å². The van der Waals surface area contributed by atoms with Crippen molar-refractivity contribution in [2.75, 3.05) is 18.0 Å². The average molecular weight is 461 g/mol. The van der Waals surface area contributed by atoms with E-state index < -0.39 is 11.7 Å². The van der Waals surface area contributed by atoms with E-state index in [-0.39, 0.29) is 5.75 Å². The fourth-order valence-electron chi connectivity index (χ4n) is 4.95. The highest BCUT2D eigenvalue weighted by atomic mass is 16.6. The number of anilines is 1. The summed E-state index contributed by atoms with van der Waals surface area (Å²) < 4.78 is 7.16. The molecule has 0 bridgehead atoms. The molecule has 1 fully saturated rings. The summed E-state index contributed by atoms with van der Waals surface area (Å²) in [6.45, 7) is 5.59. The second-order valence-electron chi connectivity index (χ2n) is 9.48. The number of primary amides is 1. The molecule has 4 aromatic rings. The molecule has 0 saturated carbocycles. The van der Waals surface area contributed by atoms with Gasteiger partial charge in [0, 0.05) is 19.2 Å². The van der Waals surface area contributed by atoms with Crippen molar-refractivity contribution >= 4 is 33.8 Å². The molecule has 0 spiro atoms. The highest BCUT2D eigenvalue weighted by molar-refractivity contribution is 5.89. The Kier molecular flexibility index (Phi) is 5.47. The molecule has 0 unspecified atom stereocenters. The summed E-state index contributed by atoms with van der Waals surface area (Å²) in [6.07, 6.45) is 5.48. The molecular weight excluding hydrogens is 432 g/mol. The molecular formula is C25H28N6O3. The molecule has 9 nitrogen and oxygen atoms in total. The molecule has 0 radical (unpaired) electrons. The van der Waals surface area contributed by atoms with E-state index in [1.165, 1.54) is 0 Å². The van der Waals surface area contributed by atoms with Gasteiger partial charge in [0.15, 0.2) is 5.82 Å². The smallest absolute Gasteiger partial charge is 0.405 e. The number of rotatable bonds is 5. The maximum atomic E-state index is 11.2. The number of nitrogens with two attached hydrogens (primary N) is 1. The zero-order valence-corrected chi connectivity index (χ0v) is 19.3. The topological polar surface area (TPSA) is 119 Å². The number of phenolic OH excluding ortho intramolecular Hbond substituents is 1. The van der Waals surface area contributed by atoms with Crippen LogP contribution in [0, 0.1) is 5.92 Å². The van der Waals surface area contributed by atoms with E-state index in [0.29, 0.717) is 17.3 Å². The first-order valence-electron chi connectivity index (χ1n) is 11.4. The quantitative estimate of drug-likeness (QED) is 0.459. The fourth-order valence-corrected chi connectivity index (χ4v) is 4.95. The van der Waals surface area contributed by atoms with Crippen LogP contribution in [0.3, 0.4) is 0 Å². The second-order valence-corrected chi connectivity index (χ2v) is 9.48. The minimum atomic E-state index is -0.727. The minimum Gasteiger partial charge on any atom is -0.508 e. The number of phenols is 1. The Bertz CT molecular complexity index is 1360. The van der Waals surface area contributed by atoms with E-state index in [9.17, 15) is 9.90 Å².